The average Bonchev–Trinajstić information content (AvgIpc) is 3.04. The lowest BCUT2D eigenvalue weighted by atomic mass is 10.1. The van der Waals surface area contributed by atoms with E-state index in [-0.39, 0.29) is 12.8 Å². The average molecular weight is 329 g/mol. The van der Waals surface area contributed by atoms with Crippen molar-refractivity contribution in [2.45, 2.75) is 26.3 Å². The van der Waals surface area contributed by atoms with E-state index in [0.29, 0.717) is 37.2 Å². The van der Waals surface area contributed by atoms with E-state index in [0.717, 1.165) is 17.0 Å². The monoisotopic (exact) mass is 329 g/mol. The van der Waals surface area contributed by atoms with Gasteiger partial charge < -0.3 is 14.2 Å². The molecule has 1 aliphatic heterocycles. The number of nitrogens with one attached hydrogen (secondary N) is 1. The largest absolute Gasteiger partial charge is 0.466 e. The molecule has 0 spiro atoms. The fraction of sp³-hybridized carbons (Fsp3) is 0.353. The predicted octanol–water partition coefficient (Wildman–Crippen LogP) is 2.10. The van der Waals surface area contributed by atoms with E-state index in [4.69, 9.17) is 19.6 Å². The smallest absolute Gasteiger partial charge is 0.305 e. The van der Waals surface area contributed by atoms with Gasteiger partial charge >= 0.3 is 5.97 Å². The van der Waals surface area contributed by atoms with Gasteiger partial charge in [-0.3, -0.25) is 10.2 Å². The van der Waals surface area contributed by atoms with Crippen molar-refractivity contribution >= 4 is 5.97 Å². The molecule has 1 aromatic heterocycles. The Balaban J connectivity index is 1.74. The minimum Gasteiger partial charge on any atom is -0.466 e. The molecule has 0 fully saturated rings. The number of ether oxygens (including phenoxy) is 3. The Hall–Kier alpha value is -2.83. The number of aryl methyl sites for hydroxylation is 1. The maximum Gasteiger partial charge on any atom is 0.305 e. The number of esters is 1. The third-order valence-electron chi connectivity index (χ3n) is 3.63. The van der Waals surface area contributed by atoms with Crippen LogP contribution in [0, 0.1) is 5.41 Å². The summed E-state index contributed by atoms with van der Waals surface area (Å²) in [6.07, 6.45) is 0.892. The van der Waals surface area contributed by atoms with Gasteiger partial charge in [0.2, 0.25) is 6.79 Å². The number of hydrogen-bond acceptors (Lipinski definition) is 6. The molecule has 126 valence electrons. The first-order valence-corrected chi connectivity index (χ1v) is 7.86. The fourth-order valence-electron chi connectivity index (χ4n) is 2.45. The molecule has 0 atom stereocenters. The lowest BCUT2D eigenvalue weighted by molar-refractivity contribution is -0.143. The van der Waals surface area contributed by atoms with Crippen LogP contribution in [0.25, 0.3) is 11.3 Å². The Kier molecular flexibility index (Phi) is 4.79. The zero-order valence-electron chi connectivity index (χ0n) is 13.4. The van der Waals surface area contributed by atoms with E-state index in [1.54, 1.807) is 23.7 Å². The van der Waals surface area contributed by atoms with Gasteiger partial charge in [-0.1, -0.05) is 0 Å². The molecule has 0 amide bonds. The van der Waals surface area contributed by atoms with Crippen LogP contribution in [-0.2, 0) is 16.1 Å². The van der Waals surface area contributed by atoms with Gasteiger partial charge in [-0.05, 0) is 43.7 Å². The van der Waals surface area contributed by atoms with Gasteiger partial charge in [0.05, 0.1) is 12.3 Å². The molecular weight excluding hydrogens is 310 g/mol. The van der Waals surface area contributed by atoms with Gasteiger partial charge in [0.1, 0.15) is 5.49 Å². The first-order chi connectivity index (χ1) is 11.7. The van der Waals surface area contributed by atoms with Crippen LogP contribution in [0.4, 0.5) is 0 Å². The summed E-state index contributed by atoms with van der Waals surface area (Å²) in [5.74, 6) is 1.19. The molecule has 1 aliphatic rings. The van der Waals surface area contributed by atoms with Gasteiger partial charge in [-0.25, -0.2) is 4.68 Å². The molecule has 1 N–H and O–H groups in total. The van der Waals surface area contributed by atoms with Crippen LogP contribution in [0.1, 0.15) is 19.8 Å². The van der Waals surface area contributed by atoms with Crippen molar-refractivity contribution in [1.29, 1.82) is 5.41 Å². The second kappa shape index (κ2) is 7.16. The Bertz CT molecular complexity index is 801. The third-order valence-corrected chi connectivity index (χ3v) is 3.63. The van der Waals surface area contributed by atoms with E-state index in [1.807, 2.05) is 18.2 Å². The van der Waals surface area contributed by atoms with Crippen LogP contribution >= 0.6 is 0 Å². The first-order valence-electron chi connectivity index (χ1n) is 7.86. The lowest BCUT2D eigenvalue weighted by Crippen LogP contribution is -2.23. The summed E-state index contributed by atoms with van der Waals surface area (Å²) in [7, 11) is 0. The van der Waals surface area contributed by atoms with Crippen molar-refractivity contribution in [3.8, 4) is 22.8 Å². The van der Waals surface area contributed by atoms with E-state index in [1.165, 1.54) is 0 Å². The highest BCUT2D eigenvalue weighted by Gasteiger charge is 2.14. The van der Waals surface area contributed by atoms with Crippen LogP contribution in [-0.4, -0.2) is 29.1 Å². The number of benzene rings is 1. The quantitative estimate of drug-likeness (QED) is 0.820. The summed E-state index contributed by atoms with van der Waals surface area (Å²) in [6, 6.07) is 9.11. The maximum atomic E-state index is 11.4. The first kappa shape index (κ1) is 16.0. The number of carbonyl (C=O) groups excluding carboxylic acids is 1. The highest BCUT2D eigenvalue weighted by Crippen LogP contribution is 2.35. The number of nitrogens with zero attached hydrogens (tertiary/aromatic N) is 2. The number of carbonyl (C=O) groups is 1. The summed E-state index contributed by atoms with van der Waals surface area (Å²) in [5, 5.41) is 12.5. The maximum absolute atomic E-state index is 11.4. The zero-order valence-corrected chi connectivity index (χ0v) is 13.4. The van der Waals surface area contributed by atoms with Crippen molar-refractivity contribution in [3.63, 3.8) is 0 Å². The molecule has 2 aromatic rings. The van der Waals surface area contributed by atoms with Crippen molar-refractivity contribution < 1.29 is 19.0 Å². The predicted molar refractivity (Wildman–Crippen MR) is 85.5 cm³/mol. The molecule has 1 aromatic carbocycles. The minimum absolute atomic E-state index is 0.225. The Morgan fingerprint density at radius 2 is 2.12 bits per heavy atom. The molecule has 24 heavy (non-hydrogen) atoms. The summed E-state index contributed by atoms with van der Waals surface area (Å²) in [4.78, 5) is 11.4. The Labute approximate surface area is 139 Å². The summed E-state index contributed by atoms with van der Waals surface area (Å²) in [5.41, 5.74) is 1.92. The molecule has 0 saturated carbocycles. The molecule has 0 saturated heterocycles. The minimum atomic E-state index is -0.225. The number of fused-ring (bicyclic) bond motifs is 1. The van der Waals surface area contributed by atoms with Crippen molar-refractivity contribution in [1.82, 2.24) is 9.78 Å². The van der Waals surface area contributed by atoms with Crippen LogP contribution in [0.2, 0.25) is 0 Å². The van der Waals surface area contributed by atoms with Crippen molar-refractivity contribution in [3.05, 3.63) is 35.8 Å². The molecule has 3 rings (SSSR count). The lowest BCUT2D eigenvalue weighted by Gasteiger charge is -2.09. The van der Waals surface area contributed by atoms with E-state index < -0.39 is 0 Å². The fourth-order valence-corrected chi connectivity index (χ4v) is 2.45. The molecule has 0 bridgehead atoms. The number of aromatic nitrogens is 2. The molecule has 7 nitrogen and oxygen atoms in total. The highest BCUT2D eigenvalue weighted by atomic mass is 16.7. The summed E-state index contributed by atoms with van der Waals surface area (Å²) < 4.78 is 17.2. The molecule has 0 radical (unpaired) electrons. The second-order valence-corrected chi connectivity index (χ2v) is 5.30. The normalized spacial score (nSPS) is 12.2. The number of rotatable bonds is 6. The van der Waals surface area contributed by atoms with Crippen LogP contribution in [0.3, 0.4) is 0 Å². The molecule has 0 unspecified atom stereocenters. The van der Waals surface area contributed by atoms with Crippen molar-refractivity contribution in [2.75, 3.05) is 13.4 Å². The Morgan fingerprint density at radius 3 is 2.96 bits per heavy atom. The molecule has 0 aliphatic carbocycles. The SMILES string of the molecule is CCOC(=O)CCCn1nc(-c2ccc3c(c2)OCO3)ccc1=N. The summed E-state index contributed by atoms with van der Waals surface area (Å²) in [6.45, 7) is 2.88. The van der Waals surface area contributed by atoms with E-state index in [9.17, 15) is 4.79 Å². The van der Waals surface area contributed by atoms with Gasteiger partial charge in [-0.15, -0.1) is 0 Å². The molecule has 7 heteroatoms. The van der Waals surface area contributed by atoms with Gasteiger partial charge in [0, 0.05) is 18.5 Å². The number of hydrogen-bond donors (Lipinski definition) is 1. The molecule has 2 heterocycles. The van der Waals surface area contributed by atoms with Gasteiger partial charge in [0.15, 0.2) is 11.5 Å². The van der Waals surface area contributed by atoms with Crippen molar-refractivity contribution in [2.24, 2.45) is 0 Å². The van der Waals surface area contributed by atoms with E-state index >= 15 is 0 Å². The second-order valence-electron chi connectivity index (χ2n) is 5.30. The zero-order chi connectivity index (χ0) is 16.9. The van der Waals surface area contributed by atoms with Gasteiger partial charge in [-0.2, -0.15) is 5.10 Å². The standard InChI is InChI=1S/C17H19N3O4/c1-2-22-17(21)4-3-9-20-16(18)8-6-13(19-20)12-5-7-14-15(10-12)24-11-23-14/h5-8,10,18H,2-4,9,11H2,1H3. The van der Waals surface area contributed by atoms with Crippen LogP contribution in [0.15, 0.2) is 30.3 Å². The topological polar surface area (TPSA) is 86.4 Å². The van der Waals surface area contributed by atoms with E-state index in [2.05, 4.69) is 5.10 Å². The highest BCUT2D eigenvalue weighted by molar-refractivity contribution is 5.69. The van der Waals surface area contributed by atoms with Crippen LogP contribution in [0.5, 0.6) is 11.5 Å². The third kappa shape index (κ3) is 3.56. The summed E-state index contributed by atoms with van der Waals surface area (Å²) >= 11 is 0. The Morgan fingerprint density at radius 1 is 1.29 bits per heavy atom. The van der Waals surface area contributed by atoms with Crippen LogP contribution < -0.4 is 15.0 Å². The van der Waals surface area contributed by atoms with Gasteiger partial charge in [0.25, 0.3) is 0 Å². The molecular formula is C17H19N3O4.